The number of nitrogens with one attached hydrogen (secondary N) is 2. The molecule has 1 unspecified atom stereocenters. The molecular formula is C16H31N3O. The topological polar surface area (TPSA) is 44.4 Å². The summed E-state index contributed by atoms with van der Waals surface area (Å²) in [5.74, 6) is 0.774. The molecule has 2 aliphatic rings. The van der Waals surface area contributed by atoms with Gasteiger partial charge in [-0.25, -0.2) is 0 Å². The lowest BCUT2D eigenvalue weighted by atomic mass is 9.80. The van der Waals surface area contributed by atoms with Gasteiger partial charge in [0.1, 0.15) is 0 Å². The summed E-state index contributed by atoms with van der Waals surface area (Å²) in [5.41, 5.74) is 0.193. The summed E-state index contributed by atoms with van der Waals surface area (Å²) in [5, 5.41) is 6.60. The van der Waals surface area contributed by atoms with Gasteiger partial charge in [0, 0.05) is 18.5 Å². The highest BCUT2D eigenvalue weighted by atomic mass is 16.1. The molecule has 20 heavy (non-hydrogen) atoms. The van der Waals surface area contributed by atoms with Crippen molar-refractivity contribution in [3.8, 4) is 0 Å². The van der Waals surface area contributed by atoms with E-state index in [1.807, 2.05) is 0 Å². The number of nitrogens with zero attached hydrogens (tertiary/aromatic N) is 1. The van der Waals surface area contributed by atoms with E-state index in [0.29, 0.717) is 12.3 Å². The van der Waals surface area contributed by atoms with Crippen LogP contribution in [0.15, 0.2) is 0 Å². The Bertz CT molecular complexity index is 305. The van der Waals surface area contributed by atoms with Crippen molar-refractivity contribution < 1.29 is 4.79 Å². The van der Waals surface area contributed by atoms with Gasteiger partial charge in [0.15, 0.2) is 0 Å². The van der Waals surface area contributed by atoms with Crippen molar-refractivity contribution in [2.75, 3.05) is 33.7 Å². The van der Waals surface area contributed by atoms with E-state index >= 15 is 0 Å². The second-order valence-electron chi connectivity index (χ2n) is 6.87. The van der Waals surface area contributed by atoms with Gasteiger partial charge < -0.3 is 15.5 Å². The van der Waals surface area contributed by atoms with Crippen LogP contribution in [0.5, 0.6) is 0 Å². The zero-order chi connectivity index (χ0) is 14.4. The van der Waals surface area contributed by atoms with Crippen LogP contribution < -0.4 is 10.6 Å². The monoisotopic (exact) mass is 281 g/mol. The van der Waals surface area contributed by atoms with Gasteiger partial charge in [0.25, 0.3) is 0 Å². The van der Waals surface area contributed by atoms with Gasteiger partial charge in [-0.05, 0) is 58.8 Å². The number of rotatable bonds is 5. The second-order valence-corrected chi connectivity index (χ2v) is 6.87. The molecule has 0 spiro atoms. The van der Waals surface area contributed by atoms with Gasteiger partial charge in [-0.1, -0.05) is 19.3 Å². The highest BCUT2D eigenvalue weighted by molar-refractivity contribution is 5.76. The average molecular weight is 281 g/mol. The normalized spacial score (nSPS) is 26.4. The van der Waals surface area contributed by atoms with Crippen LogP contribution in [-0.2, 0) is 4.79 Å². The average Bonchev–Trinajstić information content (AvgIpc) is 2.47. The van der Waals surface area contributed by atoms with Crippen LogP contribution >= 0.6 is 0 Å². The first-order chi connectivity index (χ1) is 9.62. The molecule has 1 atom stereocenters. The Morgan fingerprint density at radius 2 is 2.00 bits per heavy atom. The molecule has 116 valence electrons. The summed E-state index contributed by atoms with van der Waals surface area (Å²) >= 11 is 0. The van der Waals surface area contributed by atoms with Crippen molar-refractivity contribution in [2.24, 2.45) is 5.92 Å². The minimum absolute atomic E-state index is 0.193. The standard InChI is InChI=1S/C16H31N3O/c1-19(2)16(8-4-3-5-9-16)13-18-15(20)11-14-7-6-10-17-12-14/h14,17H,3-13H2,1-2H3,(H,18,20). The summed E-state index contributed by atoms with van der Waals surface area (Å²) in [4.78, 5) is 14.5. The predicted molar refractivity (Wildman–Crippen MR) is 82.7 cm³/mol. The maximum Gasteiger partial charge on any atom is 0.220 e. The van der Waals surface area contributed by atoms with E-state index in [0.717, 1.165) is 19.6 Å². The van der Waals surface area contributed by atoms with Crippen molar-refractivity contribution >= 4 is 5.91 Å². The Morgan fingerprint density at radius 1 is 1.25 bits per heavy atom. The van der Waals surface area contributed by atoms with E-state index in [2.05, 4.69) is 29.6 Å². The van der Waals surface area contributed by atoms with E-state index < -0.39 is 0 Å². The molecule has 0 aromatic heterocycles. The molecule has 1 aliphatic heterocycles. The second kappa shape index (κ2) is 7.41. The van der Waals surface area contributed by atoms with E-state index in [1.165, 1.54) is 44.9 Å². The fourth-order valence-electron chi connectivity index (χ4n) is 3.69. The highest BCUT2D eigenvalue weighted by Gasteiger charge is 2.34. The molecule has 2 rings (SSSR count). The van der Waals surface area contributed by atoms with Crippen molar-refractivity contribution in [3.63, 3.8) is 0 Å². The minimum Gasteiger partial charge on any atom is -0.354 e. The van der Waals surface area contributed by atoms with Gasteiger partial charge in [-0.2, -0.15) is 0 Å². The van der Waals surface area contributed by atoms with Crippen LogP contribution in [0.1, 0.15) is 51.4 Å². The van der Waals surface area contributed by atoms with Crippen LogP contribution in [0.2, 0.25) is 0 Å². The third kappa shape index (κ3) is 4.19. The fraction of sp³-hybridized carbons (Fsp3) is 0.938. The SMILES string of the molecule is CN(C)C1(CNC(=O)CC2CCCNC2)CCCCC1. The van der Waals surface area contributed by atoms with E-state index in [9.17, 15) is 4.79 Å². The first-order valence-electron chi connectivity index (χ1n) is 8.27. The fourth-order valence-corrected chi connectivity index (χ4v) is 3.69. The molecule has 4 heteroatoms. The van der Waals surface area contributed by atoms with E-state index in [-0.39, 0.29) is 11.4 Å². The number of carbonyl (C=O) groups is 1. The molecule has 1 saturated carbocycles. The molecular weight excluding hydrogens is 250 g/mol. The zero-order valence-electron chi connectivity index (χ0n) is 13.2. The smallest absolute Gasteiger partial charge is 0.220 e. The number of amides is 1. The molecule has 0 radical (unpaired) electrons. The Morgan fingerprint density at radius 3 is 2.60 bits per heavy atom. The van der Waals surface area contributed by atoms with Gasteiger partial charge >= 0.3 is 0 Å². The summed E-state index contributed by atoms with van der Waals surface area (Å²) in [6.07, 6.45) is 9.45. The third-order valence-corrected chi connectivity index (χ3v) is 5.22. The summed E-state index contributed by atoms with van der Waals surface area (Å²) in [7, 11) is 4.31. The molecule has 2 N–H and O–H groups in total. The number of hydrogen-bond donors (Lipinski definition) is 2. The minimum atomic E-state index is 0.193. The third-order valence-electron chi connectivity index (χ3n) is 5.22. The largest absolute Gasteiger partial charge is 0.354 e. The first kappa shape index (κ1) is 15.8. The number of carbonyl (C=O) groups excluding carboxylic acids is 1. The molecule has 0 aromatic rings. The number of piperidine rings is 1. The quantitative estimate of drug-likeness (QED) is 0.807. The van der Waals surface area contributed by atoms with Gasteiger partial charge in [0.05, 0.1) is 0 Å². The van der Waals surface area contributed by atoms with Crippen molar-refractivity contribution in [1.29, 1.82) is 0 Å². The van der Waals surface area contributed by atoms with Crippen LogP contribution in [0, 0.1) is 5.92 Å². The molecule has 1 aliphatic carbocycles. The molecule has 1 saturated heterocycles. The molecule has 2 fully saturated rings. The van der Waals surface area contributed by atoms with Crippen LogP contribution in [-0.4, -0.2) is 50.1 Å². The lowest BCUT2D eigenvalue weighted by Crippen LogP contribution is -2.54. The van der Waals surface area contributed by atoms with Crippen molar-refractivity contribution in [1.82, 2.24) is 15.5 Å². The maximum absolute atomic E-state index is 12.2. The van der Waals surface area contributed by atoms with Gasteiger partial charge in [0.2, 0.25) is 5.91 Å². The summed E-state index contributed by atoms with van der Waals surface area (Å²) in [6.45, 7) is 2.94. The molecule has 0 aromatic carbocycles. The Labute approximate surface area is 123 Å². The lowest BCUT2D eigenvalue weighted by molar-refractivity contribution is -0.122. The van der Waals surface area contributed by atoms with E-state index in [4.69, 9.17) is 0 Å². The summed E-state index contributed by atoms with van der Waals surface area (Å²) < 4.78 is 0. The molecule has 0 bridgehead atoms. The number of hydrogen-bond acceptors (Lipinski definition) is 3. The Hall–Kier alpha value is -0.610. The van der Waals surface area contributed by atoms with Crippen LogP contribution in [0.25, 0.3) is 0 Å². The molecule has 1 heterocycles. The summed E-state index contributed by atoms with van der Waals surface area (Å²) in [6, 6.07) is 0. The maximum atomic E-state index is 12.2. The van der Waals surface area contributed by atoms with Crippen LogP contribution in [0.3, 0.4) is 0 Å². The molecule has 1 amide bonds. The van der Waals surface area contributed by atoms with E-state index in [1.54, 1.807) is 0 Å². The predicted octanol–water partition coefficient (Wildman–Crippen LogP) is 1.76. The Balaban J connectivity index is 1.78. The Kier molecular flexibility index (Phi) is 5.85. The number of likely N-dealkylation sites (N-methyl/N-ethyl adjacent to an activating group) is 1. The van der Waals surface area contributed by atoms with Crippen LogP contribution in [0.4, 0.5) is 0 Å². The molecule has 4 nitrogen and oxygen atoms in total. The zero-order valence-corrected chi connectivity index (χ0v) is 13.2. The van der Waals surface area contributed by atoms with Gasteiger partial charge in [-0.3, -0.25) is 4.79 Å². The van der Waals surface area contributed by atoms with Crippen molar-refractivity contribution in [3.05, 3.63) is 0 Å². The first-order valence-corrected chi connectivity index (χ1v) is 8.27. The van der Waals surface area contributed by atoms with Crippen molar-refractivity contribution in [2.45, 2.75) is 56.9 Å². The van der Waals surface area contributed by atoms with Gasteiger partial charge in [-0.15, -0.1) is 0 Å². The highest BCUT2D eigenvalue weighted by Crippen LogP contribution is 2.31. The lowest BCUT2D eigenvalue weighted by Gasteiger charge is -2.43.